The Bertz CT molecular complexity index is 440. The minimum absolute atomic E-state index is 0. The van der Waals surface area contributed by atoms with Gasteiger partial charge in [-0.05, 0) is 17.7 Å². The molecule has 1 aromatic carbocycles. The monoisotopic (exact) mass is 238 g/mol. The van der Waals surface area contributed by atoms with Crippen molar-refractivity contribution in [2.45, 2.75) is 5.75 Å². The van der Waals surface area contributed by atoms with Crippen molar-refractivity contribution in [3.63, 3.8) is 0 Å². The molecular formula is C8H9NNaO4S+. The average Bonchev–Trinajstić information content (AvgIpc) is 2.02. The SMILES string of the molecule is NC(=O)c1ccc(CS(=O)(=O)O)cc1.[Na+]. The molecule has 3 N–H and O–H groups in total. The Balaban J connectivity index is 0.00000196. The molecule has 0 fully saturated rings. The molecule has 76 valence electrons. The molecule has 0 aliphatic rings. The van der Waals surface area contributed by atoms with E-state index in [9.17, 15) is 13.2 Å². The van der Waals surface area contributed by atoms with Crippen LogP contribution in [0.15, 0.2) is 24.3 Å². The van der Waals surface area contributed by atoms with Gasteiger partial charge in [-0.3, -0.25) is 9.35 Å². The van der Waals surface area contributed by atoms with Gasteiger partial charge < -0.3 is 5.73 Å². The summed E-state index contributed by atoms with van der Waals surface area (Å²) in [5.74, 6) is -1.05. The Morgan fingerprint density at radius 2 is 1.73 bits per heavy atom. The zero-order chi connectivity index (χ0) is 10.8. The van der Waals surface area contributed by atoms with Crippen LogP contribution in [-0.2, 0) is 15.9 Å². The molecule has 1 aromatic rings. The fourth-order valence-electron chi connectivity index (χ4n) is 0.976. The van der Waals surface area contributed by atoms with Crippen LogP contribution in [0.25, 0.3) is 0 Å². The number of carbonyl (C=O) groups excluding carboxylic acids is 1. The maximum Gasteiger partial charge on any atom is 1.00 e. The minimum atomic E-state index is -4.03. The van der Waals surface area contributed by atoms with Crippen molar-refractivity contribution in [3.05, 3.63) is 35.4 Å². The number of nitrogens with two attached hydrogens (primary N) is 1. The van der Waals surface area contributed by atoms with Crippen molar-refractivity contribution in [2.24, 2.45) is 5.73 Å². The van der Waals surface area contributed by atoms with Gasteiger partial charge in [0.2, 0.25) is 5.91 Å². The number of carbonyl (C=O) groups is 1. The first kappa shape index (κ1) is 14.6. The van der Waals surface area contributed by atoms with Crippen LogP contribution in [0, 0.1) is 0 Å². The van der Waals surface area contributed by atoms with Crippen LogP contribution in [0.4, 0.5) is 0 Å². The molecule has 0 heterocycles. The van der Waals surface area contributed by atoms with Crippen molar-refractivity contribution in [1.82, 2.24) is 0 Å². The van der Waals surface area contributed by atoms with Gasteiger partial charge in [0.1, 0.15) is 5.75 Å². The van der Waals surface area contributed by atoms with Gasteiger partial charge in [-0.2, -0.15) is 8.42 Å². The molecule has 0 saturated carbocycles. The van der Waals surface area contributed by atoms with E-state index in [2.05, 4.69) is 0 Å². The third-order valence-corrected chi connectivity index (χ3v) is 2.29. The van der Waals surface area contributed by atoms with Gasteiger partial charge in [0.25, 0.3) is 10.1 Å². The van der Waals surface area contributed by atoms with Gasteiger partial charge in [0, 0.05) is 5.56 Å². The molecule has 0 aliphatic heterocycles. The van der Waals surface area contributed by atoms with E-state index in [1.165, 1.54) is 24.3 Å². The summed E-state index contributed by atoms with van der Waals surface area (Å²) in [5, 5.41) is 0. The Morgan fingerprint density at radius 1 is 1.27 bits per heavy atom. The number of rotatable bonds is 3. The molecule has 0 unspecified atom stereocenters. The maximum atomic E-state index is 10.7. The van der Waals surface area contributed by atoms with Crippen molar-refractivity contribution >= 4 is 16.0 Å². The largest absolute Gasteiger partial charge is 1.00 e. The van der Waals surface area contributed by atoms with Crippen LogP contribution < -0.4 is 35.3 Å². The molecule has 0 saturated heterocycles. The van der Waals surface area contributed by atoms with Crippen LogP contribution in [0.2, 0.25) is 0 Å². The quantitative estimate of drug-likeness (QED) is 0.438. The smallest absolute Gasteiger partial charge is 0.366 e. The molecule has 0 aromatic heterocycles. The molecule has 0 atom stereocenters. The van der Waals surface area contributed by atoms with Gasteiger partial charge in [0.15, 0.2) is 0 Å². The van der Waals surface area contributed by atoms with Crippen molar-refractivity contribution in [3.8, 4) is 0 Å². The van der Waals surface area contributed by atoms with Crippen molar-refractivity contribution in [1.29, 1.82) is 0 Å². The van der Waals surface area contributed by atoms with Crippen LogP contribution >= 0.6 is 0 Å². The van der Waals surface area contributed by atoms with E-state index in [0.717, 1.165) is 0 Å². The first-order valence-corrected chi connectivity index (χ1v) is 5.33. The molecular weight excluding hydrogens is 229 g/mol. The van der Waals surface area contributed by atoms with E-state index >= 15 is 0 Å². The average molecular weight is 238 g/mol. The molecule has 0 spiro atoms. The Kier molecular flexibility index (Phi) is 5.47. The Labute approximate surface area is 110 Å². The standard InChI is InChI=1S/C8H9NO4S.Na/c9-8(10)7-3-1-6(2-4-7)5-14(11,12)13;/h1-4H,5H2,(H2,9,10)(H,11,12,13);/q;+1. The zero-order valence-electron chi connectivity index (χ0n) is 8.17. The summed E-state index contributed by atoms with van der Waals surface area (Å²) in [4.78, 5) is 10.7. The van der Waals surface area contributed by atoms with E-state index in [1.54, 1.807) is 0 Å². The van der Waals surface area contributed by atoms with Gasteiger partial charge >= 0.3 is 29.6 Å². The number of hydrogen-bond acceptors (Lipinski definition) is 3. The molecule has 0 bridgehead atoms. The molecule has 0 radical (unpaired) electrons. The summed E-state index contributed by atoms with van der Waals surface area (Å²) < 4.78 is 29.5. The Morgan fingerprint density at radius 3 is 2.07 bits per heavy atom. The Hall–Kier alpha value is -0.400. The normalized spacial score (nSPS) is 10.5. The first-order chi connectivity index (χ1) is 6.38. The second-order valence-corrected chi connectivity index (χ2v) is 4.24. The molecule has 5 nitrogen and oxygen atoms in total. The third-order valence-electron chi connectivity index (χ3n) is 1.59. The summed E-state index contributed by atoms with van der Waals surface area (Å²) in [6.07, 6.45) is 0. The van der Waals surface area contributed by atoms with Crippen LogP contribution in [0.5, 0.6) is 0 Å². The second kappa shape index (κ2) is 5.62. The second-order valence-electron chi connectivity index (χ2n) is 2.79. The number of primary amides is 1. The predicted molar refractivity (Wildman–Crippen MR) is 50.2 cm³/mol. The summed E-state index contributed by atoms with van der Waals surface area (Å²) in [7, 11) is -4.03. The topological polar surface area (TPSA) is 97.5 Å². The number of hydrogen-bond donors (Lipinski definition) is 2. The van der Waals surface area contributed by atoms with E-state index in [4.69, 9.17) is 10.3 Å². The summed E-state index contributed by atoms with van der Waals surface area (Å²) in [6.45, 7) is 0. The van der Waals surface area contributed by atoms with Gasteiger partial charge in [-0.1, -0.05) is 12.1 Å². The van der Waals surface area contributed by atoms with E-state index in [0.29, 0.717) is 11.1 Å². The van der Waals surface area contributed by atoms with Gasteiger partial charge in [-0.25, -0.2) is 0 Å². The molecule has 15 heavy (non-hydrogen) atoms. The molecule has 1 rings (SSSR count). The van der Waals surface area contributed by atoms with Gasteiger partial charge in [0.05, 0.1) is 0 Å². The fraction of sp³-hybridized carbons (Fsp3) is 0.125. The third kappa shape index (κ3) is 5.29. The summed E-state index contributed by atoms with van der Waals surface area (Å²) >= 11 is 0. The van der Waals surface area contributed by atoms with Crippen LogP contribution in [0.1, 0.15) is 15.9 Å². The number of benzene rings is 1. The number of amides is 1. The van der Waals surface area contributed by atoms with Crippen LogP contribution in [-0.4, -0.2) is 18.9 Å². The molecule has 7 heteroatoms. The maximum absolute atomic E-state index is 10.7. The van der Waals surface area contributed by atoms with E-state index in [1.807, 2.05) is 0 Å². The first-order valence-electron chi connectivity index (χ1n) is 3.72. The zero-order valence-corrected chi connectivity index (χ0v) is 11.0. The summed E-state index contributed by atoms with van der Waals surface area (Å²) in [6, 6.07) is 5.66. The van der Waals surface area contributed by atoms with Crippen molar-refractivity contribution in [2.75, 3.05) is 0 Å². The van der Waals surface area contributed by atoms with Gasteiger partial charge in [-0.15, -0.1) is 0 Å². The minimum Gasteiger partial charge on any atom is -0.366 e. The summed E-state index contributed by atoms with van der Waals surface area (Å²) in [5.41, 5.74) is 5.68. The van der Waals surface area contributed by atoms with Crippen molar-refractivity contribution < 1.29 is 47.3 Å². The van der Waals surface area contributed by atoms with Crippen LogP contribution in [0.3, 0.4) is 0 Å². The molecule has 1 amide bonds. The fourth-order valence-corrected chi connectivity index (χ4v) is 1.59. The van der Waals surface area contributed by atoms with E-state index in [-0.39, 0.29) is 29.6 Å². The molecule has 0 aliphatic carbocycles. The predicted octanol–water partition coefficient (Wildman–Crippen LogP) is -2.82. The van der Waals surface area contributed by atoms with E-state index < -0.39 is 21.8 Å².